The molecule has 0 saturated carbocycles. The summed E-state index contributed by atoms with van der Waals surface area (Å²) in [6.45, 7) is 9.68. The van der Waals surface area contributed by atoms with Gasteiger partial charge in [0.2, 0.25) is 5.91 Å². The van der Waals surface area contributed by atoms with E-state index < -0.39 is 0 Å². The zero-order valence-electron chi connectivity index (χ0n) is 15.8. The minimum Gasteiger partial charge on any atom is -0.369 e. The van der Waals surface area contributed by atoms with Crippen LogP contribution >= 0.6 is 0 Å². The van der Waals surface area contributed by atoms with Crippen molar-refractivity contribution in [2.24, 2.45) is 17.8 Å². The number of nitrogens with zero attached hydrogens (tertiary/aromatic N) is 4. The van der Waals surface area contributed by atoms with Crippen LogP contribution in [-0.4, -0.2) is 58.8 Å². The van der Waals surface area contributed by atoms with Crippen LogP contribution in [0.2, 0.25) is 0 Å². The molecule has 1 aliphatic rings. The number of carbonyl (C=O) groups excluding carboxylic acids is 1. The fourth-order valence-corrected chi connectivity index (χ4v) is 3.17. The SMILES string of the molecule is CCNC(=NCc1c(C)nn(C)c1C)NC1CCN(CC(N)=O)CC1. The molecule has 1 aromatic heterocycles. The summed E-state index contributed by atoms with van der Waals surface area (Å²) in [5.41, 5.74) is 8.62. The lowest BCUT2D eigenvalue weighted by atomic mass is 10.1. The Labute approximate surface area is 149 Å². The first-order valence-corrected chi connectivity index (χ1v) is 8.95. The molecule has 8 nitrogen and oxygen atoms in total. The van der Waals surface area contributed by atoms with Crippen LogP contribution in [0.15, 0.2) is 4.99 Å². The van der Waals surface area contributed by atoms with Crippen LogP contribution < -0.4 is 16.4 Å². The van der Waals surface area contributed by atoms with Crippen molar-refractivity contribution in [3.8, 4) is 0 Å². The molecule has 1 aromatic rings. The molecule has 1 aliphatic heterocycles. The number of likely N-dealkylation sites (tertiary alicyclic amines) is 1. The summed E-state index contributed by atoms with van der Waals surface area (Å²) < 4.78 is 1.90. The van der Waals surface area contributed by atoms with Gasteiger partial charge in [-0.2, -0.15) is 5.10 Å². The highest BCUT2D eigenvalue weighted by molar-refractivity contribution is 5.80. The third-order valence-corrected chi connectivity index (χ3v) is 4.71. The first-order chi connectivity index (χ1) is 11.9. The number of aryl methyl sites for hydroxylation is 2. The van der Waals surface area contributed by atoms with E-state index in [2.05, 4.69) is 34.5 Å². The number of aliphatic imine (C=N–C) groups is 1. The number of carbonyl (C=O) groups is 1. The van der Waals surface area contributed by atoms with E-state index >= 15 is 0 Å². The lowest BCUT2D eigenvalue weighted by Gasteiger charge is -2.32. The maximum atomic E-state index is 11.0. The van der Waals surface area contributed by atoms with Gasteiger partial charge in [0.1, 0.15) is 0 Å². The standard InChI is InChI=1S/C17H31N7O/c1-5-19-17(20-10-15-12(2)22-23(4)13(15)3)21-14-6-8-24(9-7-14)11-16(18)25/h14H,5-11H2,1-4H3,(H2,18,25)(H2,19,20,21). The molecule has 1 amide bonds. The van der Waals surface area contributed by atoms with Gasteiger partial charge in [0.05, 0.1) is 18.8 Å². The normalized spacial score (nSPS) is 16.9. The maximum absolute atomic E-state index is 11.0. The molecule has 0 unspecified atom stereocenters. The Morgan fingerprint density at radius 2 is 2.04 bits per heavy atom. The minimum absolute atomic E-state index is 0.261. The van der Waals surface area contributed by atoms with Gasteiger partial charge in [-0.25, -0.2) is 4.99 Å². The van der Waals surface area contributed by atoms with Crippen molar-refractivity contribution in [1.29, 1.82) is 0 Å². The number of hydrogen-bond donors (Lipinski definition) is 3. The molecule has 8 heteroatoms. The first-order valence-electron chi connectivity index (χ1n) is 8.95. The number of rotatable bonds is 6. The van der Waals surface area contributed by atoms with Crippen molar-refractivity contribution in [3.05, 3.63) is 17.0 Å². The molecule has 0 radical (unpaired) electrons. The highest BCUT2D eigenvalue weighted by Gasteiger charge is 2.21. The lowest BCUT2D eigenvalue weighted by molar-refractivity contribution is -0.119. The van der Waals surface area contributed by atoms with Gasteiger partial charge in [-0.1, -0.05) is 0 Å². The van der Waals surface area contributed by atoms with Crippen LogP contribution in [0, 0.1) is 13.8 Å². The van der Waals surface area contributed by atoms with E-state index in [4.69, 9.17) is 10.7 Å². The molecule has 0 bridgehead atoms. The lowest BCUT2D eigenvalue weighted by Crippen LogP contribution is -2.49. The van der Waals surface area contributed by atoms with Gasteiger partial charge >= 0.3 is 0 Å². The molecule has 0 aliphatic carbocycles. The maximum Gasteiger partial charge on any atom is 0.231 e. The topological polar surface area (TPSA) is 101 Å². The molecule has 2 rings (SSSR count). The number of primary amides is 1. The van der Waals surface area contributed by atoms with E-state index in [1.807, 2.05) is 18.7 Å². The Kier molecular flexibility index (Phi) is 6.81. The Hall–Kier alpha value is -2.09. The summed E-state index contributed by atoms with van der Waals surface area (Å²) in [4.78, 5) is 17.9. The largest absolute Gasteiger partial charge is 0.369 e. The summed E-state index contributed by atoms with van der Waals surface area (Å²) in [5.74, 6) is 0.571. The molecule has 0 aromatic carbocycles. The highest BCUT2D eigenvalue weighted by Crippen LogP contribution is 2.13. The molecular formula is C17H31N7O. The molecule has 1 fully saturated rings. The monoisotopic (exact) mass is 349 g/mol. The van der Waals surface area contributed by atoms with Crippen LogP contribution in [-0.2, 0) is 18.4 Å². The minimum atomic E-state index is -0.261. The number of aromatic nitrogens is 2. The van der Waals surface area contributed by atoms with Crippen LogP contribution in [0.5, 0.6) is 0 Å². The molecule has 0 atom stereocenters. The van der Waals surface area contributed by atoms with Crippen LogP contribution in [0.25, 0.3) is 0 Å². The zero-order chi connectivity index (χ0) is 18.4. The third kappa shape index (κ3) is 5.45. The number of amides is 1. The fraction of sp³-hybridized carbons (Fsp3) is 0.706. The predicted molar refractivity (Wildman–Crippen MR) is 99.3 cm³/mol. The Morgan fingerprint density at radius 3 is 2.56 bits per heavy atom. The Balaban J connectivity index is 1.93. The number of guanidine groups is 1. The predicted octanol–water partition coefficient (Wildman–Crippen LogP) is 0.0417. The average molecular weight is 349 g/mol. The Morgan fingerprint density at radius 1 is 1.36 bits per heavy atom. The zero-order valence-corrected chi connectivity index (χ0v) is 15.8. The molecular weight excluding hydrogens is 318 g/mol. The van der Waals surface area contributed by atoms with E-state index in [1.54, 1.807) is 0 Å². The summed E-state index contributed by atoms with van der Waals surface area (Å²) in [5, 5.41) is 11.3. The summed E-state index contributed by atoms with van der Waals surface area (Å²) in [6.07, 6.45) is 1.95. The quantitative estimate of drug-likeness (QED) is 0.497. The second kappa shape index (κ2) is 8.84. The van der Waals surface area contributed by atoms with Crippen LogP contribution in [0.3, 0.4) is 0 Å². The first kappa shape index (κ1) is 19.2. The van der Waals surface area contributed by atoms with Gasteiger partial charge in [0.15, 0.2) is 5.96 Å². The van der Waals surface area contributed by atoms with Crippen molar-refractivity contribution >= 4 is 11.9 Å². The highest BCUT2D eigenvalue weighted by atomic mass is 16.1. The molecule has 25 heavy (non-hydrogen) atoms. The van der Waals surface area contributed by atoms with Gasteiger partial charge in [-0.15, -0.1) is 0 Å². The van der Waals surface area contributed by atoms with E-state index in [-0.39, 0.29) is 5.91 Å². The molecule has 2 heterocycles. The van der Waals surface area contributed by atoms with Crippen molar-refractivity contribution in [2.45, 2.75) is 46.2 Å². The fourth-order valence-electron chi connectivity index (χ4n) is 3.17. The van der Waals surface area contributed by atoms with Crippen molar-refractivity contribution in [1.82, 2.24) is 25.3 Å². The van der Waals surface area contributed by atoms with Gasteiger partial charge in [0, 0.05) is 44.0 Å². The third-order valence-electron chi connectivity index (χ3n) is 4.71. The smallest absolute Gasteiger partial charge is 0.231 e. The van der Waals surface area contributed by atoms with E-state index in [1.165, 1.54) is 5.56 Å². The van der Waals surface area contributed by atoms with E-state index in [0.29, 0.717) is 19.1 Å². The number of hydrogen-bond acceptors (Lipinski definition) is 4. The summed E-state index contributed by atoms with van der Waals surface area (Å²) in [7, 11) is 1.96. The number of nitrogens with one attached hydrogen (secondary N) is 2. The molecule has 4 N–H and O–H groups in total. The number of piperidine rings is 1. The van der Waals surface area contributed by atoms with Gasteiger partial charge in [-0.3, -0.25) is 14.4 Å². The average Bonchev–Trinajstić information content (AvgIpc) is 2.79. The van der Waals surface area contributed by atoms with Crippen molar-refractivity contribution in [2.75, 3.05) is 26.2 Å². The number of nitrogens with two attached hydrogens (primary N) is 1. The second-order valence-electron chi connectivity index (χ2n) is 6.63. The van der Waals surface area contributed by atoms with Crippen LogP contribution in [0.4, 0.5) is 0 Å². The van der Waals surface area contributed by atoms with Crippen molar-refractivity contribution in [3.63, 3.8) is 0 Å². The van der Waals surface area contributed by atoms with Gasteiger partial charge in [-0.05, 0) is 33.6 Å². The van der Waals surface area contributed by atoms with E-state index in [0.717, 1.165) is 49.8 Å². The van der Waals surface area contributed by atoms with E-state index in [9.17, 15) is 4.79 Å². The summed E-state index contributed by atoms with van der Waals surface area (Å²) >= 11 is 0. The molecule has 140 valence electrons. The molecule has 0 spiro atoms. The van der Waals surface area contributed by atoms with Gasteiger partial charge < -0.3 is 16.4 Å². The second-order valence-corrected chi connectivity index (χ2v) is 6.63. The summed E-state index contributed by atoms with van der Waals surface area (Å²) in [6, 6.07) is 0.359. The molecule has 1 saturated heterocycles. The van der Waals surface area contributed by atoms with Gasteiger partial charge in [0.25, 0.3) is 0 Å². The Bertz CT molecular complexity index is 615. The van der Waals surface area contributed by atoms with Crippen molar-refractivity contribution < 1.29 is 4.79 Å². The van der Waals surface area contributed by atoms with Crippen LogP contribution in [0.1, 0.15) is 36.7 Å².